The molecule has 0 radical (unpaired) electrons. The van der Waals surface area contributed by atoms with Crippen molar-refractivity contribution >= 4 is 35.0 Å². The number of nitrogens with zero attached hydrogens (tertiary/aromatic N) is 4. The summed E-state index contributed by atoms with van der Waals surface area (Å²) in [6, 6.07) is 15.8. The Bertz CT molecular complexity index is 1470. The molecule has 0 saturated carbocycles. The van der Waals surface area contributed by atoms with Crippen molar-refractivity contribution in [3.05, 3.63) is 83.9 Å². The van der Waals surface area contributed by atoms with Gasteiger partial charge >= 0.3 is 6.03 Å². The third-order valence-corrected chi connectivity index (χ3v) is 6.55. The Kier molecular flexibility index (Phi) is 9.53. The molecule has 2 aromatic heterocycles. The van der Waals surface area contributed by atoms with Crippen LogP contribution >= 0.6 is 11.6 Å². The molecule has 0 spiro atoms. The van der Waals surface area contributed by atoms with Crippen LogP contribution in [0.25, 0.3) is 11.3 Å². The SMILES string of the molecule is O=C(Nc1ccc(Oc2ncccc2-c2ccnc(NCCCN3CCOCC3)n2)cc1)Nc1ccc(Cl)c(F)c1. The number of ether oxygens (including phenoxy) is 2. The van der Waals surface area contributed by atoms with Crippen molar-refractivity contribution in [2.45, 2.75) is 6.42 Å². The summed E-state index contributed by atoms with van der Waals surface area (Å²) in [6.07, 6.45) is 4.32. The maximum absolute atomic E-state index is 13.6. The maximum atomic E-state index is 13.6. The van der Waals surface area contributed by atoms with E-state index in [0.717, 1.165) is 51.9 Å². The fourth-order valence-corrected chi connectivity index (χ4v) is 4.29. The van der Waals surface area contributed by atoms with Gasteiger partial charge in [-0.25, -0.2) is 24.1 Å². The average Bonchev–Trinajstić information content (AvgIpc) is 2.99. The zero-order valence-electron chi connectivity index (χ0n) is 22.1. The van der Waals surface area contributed by atoms with E-state index in [9.17, 15) is 9.18 Å². The van der Waals surface area contributed by atoms with Crippen LogP contribution in [0.2, 0.25) is 5.02 Å². The normalized spacial score (nSPS) is 13.4. The molecule has 3 heterocycles. The second-order valence-corrected chi connectivity index (χ2v) is 9.60. The van der Waals surface area contributed by atoms with E-state index < -0.39 is 11.8 Å². The molecule has 0 unspecified atom stereocenters. The predicted octanol–water partition coefficient (Wildman–Crippen LogP) is 5.90. The summed E-state index contributed by atoms with van der Waals surface area (Å²) in [5, 5.41) is 8.53. The van der Waals surface area contributed by atoms with Crippen LogP contribution in [-0.2, 0) is 4.74 Å². The standard InChI is InChI=1S/C29H29ClFN7O3/c30-24-9-6-21(19-25(24)31)36-29(39)35-20-4-7-22(8-5-20)41-27-23(3-1-11-32-27)26-10-13-34-28(37-26)33-12-2-14-38-15-17-40-18-16-38/h1,3-11,13,19H,2,12,14-18H2,(H,33,34,37)(H2,35,36,39). The van der Waals surface area contributed by atoms with Crippen molar-refractivity contribution in [2.24, 2.45) is 0 Å². The highest BCUT2D eigenvalue weighted by molar-refractivity contribution is 6.30. The Morgan fingerprint density at radius 1 is 1.00 bits per heavy atom. The molecule has 12 heteroatoms. The Hall–Kier alpha value is -4.32. The van der Waals surface area contributed by atoms with Gasteiger partial charge < -0.3 is 25.4 Å². The number of carbonyl (C=O) groups excluding carboxylic acids is 1. The number of hydrogen-bond donors (Lipinski definition) is 3. The van der Waals surface area contributed by atoms with Gasteiger partial charge in [-0.1, -0.05) is 11.6 Å². The Morgan fingerprint density at radius 3 is 2.59 bits per heavy atom. The number of halogens is 2. The van der Waals surface area contributed by atoms with Gasteiger partial charge in [0.2, 0.25) is 11.8 Å². The molecule has 3 N–H and O–H groups in total. The summed E-state index contributed by atoms with van der Waals surface area (Å²) in [5.74, 6) is 0.821. The van der Waals surface area contributed by atoms with Crippen molar-refractivity contribution in [1.82, 2.24) is 19.9 Å². The van der Waals surface area contributed by atoms with E-state index in [0.29, 0.717) is 34.5 Å². The van der Waals surface area contributed by atoms with Crippen LogP contribution in [-0.4, -0.2) is 65.3 Å². The fourth-order valence-electron chi connectivity index (χ4n) is 4.17. The summed E-state index contributed by atoms with van der Waals surface area (Å²) < 4.78 is 25.1. The molecule has 1 aliphatic rings. The predicted molar refractivity (Wildman–Crippen MR) is 156 cm³/mol. The monoisotopic (exact) mass is 577 g/mol. The highest BCUT2D eigenvalue weighted by atomic mass is 35.5. The molecule has 0 bridgehead atoms. The van der Waals surface area contributed by atoms with Crippen LogP contribution in [0.1, 0.15) is 6.42 Å². The summed E-state index contributed by atoms with van der Waals surface area (Å²) in [5.41, 5.74) is 2.18. The second-order valence-electron chi connectivity index (χ2n) is 9.19. The highest BCUT2D eigenvalue weighted by Crippen LogP contribution is 2.31. The lowest BCUT2D eigenvalue weighted by atomic mass is 10.2. The summed E-state index contributed by atoms with van der Waals surface area (Å²) >= 11 is 5.68. The first-order valence-electron chi connectivity index (χ1n) is 13.2. The molecule has 5 rings (SSSR count). The Balaban J connectivity index is 1.17. The molecule has 10 nitrogen and oxygen atoms in total. The van der Waals surface area contributed by atoms with Crippen LogP contribution < -0.4 is 20.7 Å². The van der Waals surface area contributed by atoms with Crippen LogP contribution in [0.4, 0.5) is 26.5 Å². The van der Waals surface area contributed by atoms with Gasteiger partial charge in [0.05, 0.1) is 29.5 Å². The van der Waals surface area contributed by atoms with Gasteiger partial charge in [-0.2, -0.15) is 0 Å². The smallest absolute Gasteiger partial charge is 0.323 e. The number of anilines is 3. The first kappa shape index (κ1) is 28.2. The lowest BCUT2D eigenvalue weighted by molar-refractivity contribution is 0.0378. The number of pyridine rings is 1. The number of urea groups is 1. The highest BCUT2D eigenvalue weighted by Gasteiger charge is 2.13. The molecule has 1 fully saturated rings. The number of rotatable bonds is 10. The topological polar surface area (TPSA) is 114 Å². The van der Waals surface area contributed by atoms with Crippen molar-refractivity contribution in [2.75, 3.05) is 55.3 Å². The molecule has 0 aliphatic carbocycles. The zero-order valence-corrected chi connectivity index (χ0v) is 22.9. The molecule has 2 aromatic carbocycles. The van der Waals surface area contributed by atoms with Crippen molar-refractivity contribution in [1.29, 1.82) is 0 Å². The van der Waals surface area contributed by atoms with E-state index in [4.69, 9.17) is 21.1 Å². The van der Waals surface area contributed by atoms with Gasteiger partial charge in [0.15, 0.2) is 0 Å². The summed E-state index contributed by atoms with van der Waals surface area (Å²) in [7, 11) is 0. The molecule has 212 valence electrons. The van der Waals surface area contributed by atoms with Crippen molar-refractivity contribution in [3.8, 4) is 22.9 Å². The third-order valence-electron chi connectivity index (χ3n) is 6.24. The number of amides is 2. The quantitative estimate of drug-likeness (QED) is 0.200. The lowest BCUT2D eigenvalue weighted by Crippen LogP contribution is -2.37. The number of morpholine rings is 1. The number of benzene rings is 2. The second kappa shape index (κ2) is 13.8. The van der Waals surface area contributed by atoms with Crippen molar-refractivity contribution < 1.29 is 18.7 Å². The minimum absolute atomic E-state index is 0.0189. The minimum atomic E-state index is -0.617. The van der Waals surface area contributed by atoms with E-state index >= 15 is 0 Å². The van der Waals surface area contributed by atoms with E-state index in [1.807, 2.05) is 12.1 Å². The molecule has 4 aromatic rings. The molecular formula is C29H29ClFN7O3. The Morgan fingerprint density at radius 2 is 1.78 bits per heavy atom. The van der Waals surface area contributed by atoms with Gasteiger partial charge in [-0.15, -0.1) is 0 Å². The third kappa shape index (κ3) is 8.10. The van der Waals surface area contributed by atoms with Crippen LogP contribution in [0.5, 0.6) is 11.6 Å². The molecule has 1 aliphatic heterocycles. The lowest BCUT2D eigenvalue weighted by Gasteiger charge is -2.26. The molecule has 0 atom stereocenters. The van der Waals surface area contributed by atoms with Gasteiger partial charge in [0.25, 0.3) is 0 Å². The van der Waals surface area contributed by atoms with E-state index in [1.54, 1.807) is 42.7 Å². The van der Waals surface area contributed by atoms with E-state index in [2.05, 4.69) is 35.8 Å². The number of carbonyl (C=O) groups is 1. The largest absolute Gasteiger partial charge is 0.438 e. The van der Waals surface area contributed by atoms with Crippen LogP contribution in [0.3, 0.4) is 0 Å². The first-order chi connectivity index (χ1) is 20.0. The van der Waals surface area contributed by atoms with Gasteiger partial charge in [0, 0.05) is 43.4 Å². The molecular weight excluding hydrogens is 549 g/mol. The maximum Gasteiger partial charge on any atom is 0.323 e. The molecule has 1 saturated heterocycles. The first-order valence-corrected chi connectivity index (χ1v) is 13.5. The van der Waals surface area contributed by atoms with Crippen LogP contribution in [0, 0.1) is 5.82 Å². The fraction of sp³-hybridized carbons (Fsp3) is 0.241. The summed E-state index contributed by atoms with van der Waals surface area (Å²) in [4.78, 5) is 28.1. The van der Waals surface area contributed by atoms with Gasteiger partial charge in [-0.3, -0.25) is 4.90 Å². The molecule has 2 amide bonds. The van der Waals surface area contributed by atoms with Gasteiger partial charge in [-0.05, 0) is 73.6 Å². The van der Waals surface area contributed by atoms with Crippen molar-refractivity contribution in [3.63, 3.8) is 0 Å². The average molecular weight is 578 g/mol. The number of aromatic nitrogens is 3. The van der Waals surface area contributed by atoms with E-state index in [1.165, 1.54) is 12.1 Å². The summed E-state index contributed by atoms with van der Waals surface area (Å²) in [6.45, 7) is 5.28. The minimum Gasteiger partial charge on any atom is -0.438 e. The van der Waals surface area contributed by atoms with Crippen LogP contribution in [0.15, 0.2) is 73.1 Å². The Labute approximate surface area is 241 Å². The molecule has 41 heavy (non-hydrogen) atoms. The van der Waals surface area contributed by atoms with Gasteiger partial charge in [0.1, 0.15) is 11.6 Å². The number of hydrogen-bond acceptors (Lipinski definition) is 8. The number of nitrogens with one attached hydrogen (secondary N) is 3. The zero-order chi connectivity index (χ0) is 28.4. The van der Waals surface area contributed by atoms with E-state index in [-0.39, 0.29) is 10.7 Å².